The summed E-state index contributed by atoms with van der Waals surface area (Å²) < 4.78 is 142. The van der Waals surface area contributed by atoms with Crippen LogP contribution in [0.2, 0.25) is 0 Å². The van der Waals surface area contributed by atoms with Gasteiger partial charge in [0.15, 0.2) is 0 Å². The van der Waals surface area contributed by atoms with Gasteiger partial charge in [-0.05, 0) is 179 Å². The molecule has 1 fully saturated rings. The van der Waals surface area contributed by atoms with Crippen LogP contribution in [0.15, 0.2) is 181 Å². The molecule has 0 aliphatic heterocycles. The lowest BCUT2D eigenvalue weighted by molar-refractivity contribution is -0.139. The van der Waals surface area contributed by atoms with E-state index >= 15 is 0 Å². The number of aromatic carboxylic acids is 4. The van der Waals surface area contributed by atoms with Gasteiger partial charge in [0.05, 0.1) is 53.3 Å². The molecule has 1 saturated carbocycles. The number of carbonyl (C=O) groups is 8. The number of carboxylic acid groups (broad SMARTS) is 4. The summed E-state index contributed by atoms with van der Waals surface area (Å²) in [6, 6.07) is 39.7. The predicted octanol–water partition coefficient (Wildman–Crippen LogP) is 18.7. The van der Waals surface area contributed by atoms with Gasteiger partial charge < -0.3 is 50.0 Å². The number of anilines is 2. The molecule has 2 aromatic heterocycles. The molecule has 1 aliphatic rings. The SMILES string of the molecule is CCC(=O)Cc1ccc(Oc2cc(C)cc(C(F)(F)F)c2)cc1C(=O)O.COc1cccc(-c2cc(F)c(NC(=O)c3ccsc3C(=O)O)c(F)c2)c1.COc1cccc(-c2ccc(NC(=O)c3ccsc3C(=O)O)c(F)c2)c1.O=C(O)c1cc(OCc2ccccc2C(F)(F)F)ccc1CC(=O)C1CC1. The van der Waals surface area contributed by atoms with Gasteiger partial charge in [0, 0.05) is 30.7 Å². The van der Waals surface area contributed by atoms with E-state index in [2.05, 4.69) is 10.6 Å². The Hall–Kier alpha value is -12.1. The highest BCUT2D eigenvalue weighted by molar-refractivity contribution is 7.12. The minimum Gasteiger partial charge on any atom is -0.497 e. The van der Waals surface area contributed by atoms with Crippen molar-refractivity contribution in [3.63, 3.8) is 0 Å². The molecule has 18 nitrogen and oxygen atoms in total. The number of aryl methyl sites for hydroxylation is 1. The molecule has 0 atom stereocenters. The summed E-state index contributed by atoms with van der Waals surface area (Å²) in [5.41, 5.74) is 0.547. The number of halogens is 9. The number of methoxy groups -OCH3 is 2. The van der Waals surface area contributed by atoms with Gasteiger partial charge in [-0.3, -0.25) is 19.2 Å². The Labute approximate surface area is 605 Å². The standard InChI is InChI=1S/C20H17F3O4.C19H17F3O4.C19H13F2NO4S.C19H14FNO4S/c21-20(22,23)17-4-2-1-3-14(17)11-27-15-8-7-13(16(10-15)19(25)26)9-18(24)12-5-6-12;1-3-14(23)8-12-4-5-15(10-17(12)18(24)25)26-16-7-11(2)6-13(9-16)19(20,21)22;1-26-12-4-2-3-10(7-12)11-8-14(20)16(15(21)9-11)22-18(23)13-5-6-27-17(13)19(24)25;1-25-13-4-2-3-11(9-13)12-5-6-16(15(20)10-12)21-18(22)14-7-8-26-17(14)19(23)24/h1-4,7-8,10,12H,5-6,9,11H2,(H,25,26);4-7,9-10H,3,8H2,1-2H3,(H,24,25);2-9H,1H3,(H,22,23)(H,24,25);2-10H,1H3,(H,21,22)(H,23,24). The quantitative estimate of drug-likeness (QED) is 0.0325. The van der Waals surface area contributed by atoms with Crippen molar-refractivity contribution in [3.05, 3.63) is 263 Å². The van der Waals surface area contributed by atoms with Crippen LogP contribution >= 0.6 is 22.7 Å². The summed E-state index contributed by atoms with van der Waals surface area (Å²) in [5, 5.41) is 44.3. The van der Waals surface area contributed by atoms with Crippen molar-refractivity contribution >= 4 is 81.3 Å². The van der Waals surface area contributed by atoms with Gasteiger partial charge in [0.1, 0.15) is 79.8 Å². The number of hydrogen-bond acceptors (Lipinski definition) is 14. The van der Waals surface area contributed by atoms with Gasteiger partial charge in [-0.2, -0.15) is 26.3 Å². The second kappa shape index (κ2) is 35.4. The molecule has 29 heteroatoms. The van der Waals surface area contributed by atoms with Crippen LogP contribution in [0.1, 0.15) is 120 Å². The highest BCUT2D eigenvalue weighted by atomic mass is 32.1. The number of alkyl halides is 6. The fourth-order valence-electron chi connectivity index (χ4n) is 10.2. The second-order valence-corrected chi connectivity index (χ2v) is 25.0. The van der Waals surface area contributed by atoms with Gasteiger partial charge in [0.2, 0.25) is 0 Å². The third-order valence-corrected chi connectivity index (χ3v) is 17.5. The first-order valence-corrected chi connectivity index (χ1v) is 33.2. The third kappa shape index (κ3) is 21.5. The average Bonchev–Trinajstić information content (AvgIpc) is 0.914. The summed E-state index contributed by atoms with van der Waals surface area (Å²) in [4.78, 5) is 92.8. The van der Waals surface area contributed by atoms with E-state index in [0.717, 1.165) is 71.4 Å². The van der Waals surface area contributed by atoms with Gasteiger partial charge in [-0.15, -0.1) is 22.7 Å². The van der Waals surface area contributed by atoms with Crippen molar-refractivity contribution in [1.29, 1.82) is 0 Å². The number of ketones is 2. The molecule has 6 N–H and O–H groups in total. The zero-order chi connectivity index (χ0) is 77.3. The lowest BCUT2D eigenvalue weighted by Crippen LogP contribution is -2.16. The van der Waals surface area contributed by atoms with Gasteiger partial charge in [0.25, 0.3) is 11.8 Å². The molecule has 0 spiro atoms. The normalized spacial score (nSPS) is 11.6. The van der Waals surface area contributed by atoms with E-state index in [-0.39, 0.29) is 109 Å². The number of hydrogen-bond donors (Lipinski definition) is 6. The largest absolute Gasteiger partial charge is 0.497 e. The van der Waals surface area contributed by atoms with E-state index in [4.69, 9.17) is 29.2 Å². The first-order valence-electron chi connectivity index (χ1n) is 31.5. The van der Waals surface area contributed by atoms with Crippen LogP contribution in [0.3, 0.4) is 0 Å². The van der Waals surface area contributed by atoms with Crippen molar-refractivity contribution in [1.82, 2.24) is 0 Å². The molecule has 2 heterocycles. The number of rotatable bonds is 23. The summed E-state index contributed by atoms with van der Waals surface area (Å²) in [5.74, 6) is -7.84. The maximum absolute atomic E-state index is 14.4. The van der Waals surface area contributed by atoms with E-state index in [1.807, 2.05) is 6.07 Å². The molecule has 106 heavy (non-hydrogen) atoms. The zero-order valence-electron chi connectivity index (χ0n) is 56.0. The average molecular weight is 1510 g/mol. The Kier molecular flexibility index (Phi) is 26.6. The summed E-state index contributed by atoms with van der Waals surface area (Å²) >= 11 is 1.79. The van der Waals surface area contributed by atoms with Crippen LogP contribution in [0, 0.1) is 30.3 Å². The van der Waals surface area contributed by atoms with E-state index in [1.165, 1.54) is 110 Å². The molecule has 10 aromatic rings. The Morgan fingerprint density at radius 2 is 1.00 bits per heavy atom. The Morgan fingerprint density at radius 3 is 1.52 bits per heavy atom. The fourth-order valence-corrected chi connectivity index (χ4v) is 11.6. The van der Waals surface area contributed by atoms with Crippen LogP contribution in [-0.2, 0) is 41.4 Å². The number of benzene rings is 8. The van der Waals surface area contributed by atoms with Gasteiger partial charge in [-0.1, -0.05) is 67.6 Å². The molecule has 1 aliphatic carbocycles. The Balaban J connectivity index is 0.000000178. The number of thiophene rings is 2. The van der Waals surface area contributed by atoms with Crippen LogP contribution in [0.5, 0.6) is 28.7 Å². The summed E-state index contributed by atoms with van der Waals surface area (Å²) in [6.45, 7) is 2.83. The van der Waals surface area contributed by atoms with Gasteiger partial charge >= 0.3 is 36.2 Å². The first-order chi connectivity index (χ1) is 50.2. The highest BCUT2D eigenvalue weighted by Gasteiger charge is 2.34. The molecular formula is C77H61F9N2O16S2. The number of nitrogens with one attached hydrogen (secondary N) is 2. The molecule has 550 valence electrons. The van der Waals surface area contributed by atoms with Gasteiger partial charge in [-0.25, -0.2) is 32.3 Å². The molecule has 0 unspecified atom stereocenters. The third-order valence-electron chi connectivity index (χ3n) is 15.6. The summed E-state index contributed by atoms with van der Waals surface area (Å²) in [6.07, 6.45) is -7.06. The topological polar surface area (TPSA) is 278 Å². The van der Waals surface area contributed by atoms with Crippen LogP contribution in [0.25, 0.3) is 22.3 Å². The van der Waals surface area contributed by atoms with E-state index in [1.54, 1.807) is 62.6 Å². The Morgan fingerprint density at radius 1 is 0.481 bits per heavy atom. The monoisotopic (exact) mass is 1500 g/mol. The Bertz CT molecular complexity index is 4930. The maximum Gasteiger partial charge on any atom is 0.416 e. The number of Topliss-reactive ketones (excluding diaryl/α,β-unsaturated/α-hetero) is 2. The molecular weight excluding hydrogens is 1440 g/mol. The van der Waals surface area contributed by atoms with Crippen LogP contribution in [-0.4, -0.2) is 81.9 Å². The molecule has 11 rings (SSSR count). The maximum atomic E-state index is 14.4. The van der Waals surface area contributed by atoms with E-state index < -0.39 is 82.3 Å². The highest BCUT2D eigenvalue weighted by Crippen LogP contribution is 2.38. The molecule has 0 radical (unpaired) electrons. The smallest absolute Gasteiger partial charge is 0.416 e. The fraction of sp³-hybridized carbons (Fsp3) is 0.169. The molecule has 8 aromatic carbocycles. The minimum absolute atomic E-state index is 0.00114. The molecule has 0 saturated heterocycles. The molecule has 2 amide bonds. The van der Waals surface area contributed by atoms with E-state index in [9.17, 15) is 88.1 Å². The lowest BCUT2D eigenvalue weighted by atomic mass is 10.00. The number of carboxylic acids is 4. The number of ether oxygens (including phenoxy) is 4. The van der Waals surface area contributed by atoms with Crippen LogP contribution < -0.4 is 29.6 Å². The predicted molar refractivity (Wildman–Crippen MR) is 374 cm³/mol. The second-order valence-electron chi connectivity index (χ2n) is 23.1. The van der Waals surface area contributed by atoms with Crippen molar-refractivity contribution in [3.8, 4) is 51.0 Å². The van der Waals surface area contributed by atoms with Crippen molar-refractivity contribution in [2.45, 2.75) is 64.9 Å². The minimum atomic E-state index is -4.51. The summed E-state index contributed by atoms with van der Waals surface area (Å²) in [7, 11) is 3.03. The lowest BCUT2D eigenvalue weighted by Gasteiger charge is -2.14. The van der Waals surface area contributed by atoms with E-state index in [0.29, 0.717) is 39.3 Å². The van der Waals surface area contributed by atoms with Crippen molar-refractivity contribution in [2.75, 3.05) is 24.9 Å². The molecule has 0 bridgehead atoms. The zero-order valence-corrected chi connectivity index (χ0v) is 57.7. The van der Waals surface area contributed by atoms with Crippen molar-refractivity contribution < 1.29 is 117 Å². The first kappa shape index (κ1) is 79.6. The number of amides is 2. The number of carbonyl (C=O) groups excluding carboxylic acids is 4. The van der Waals surface area contributed by atoms with Crippen molar-refractivity contribution in [2.24, 2.45) is 5.92 Å². The van der Waals surface area contributed by atoms with Crippen LogP contribution in [0.4, 0.5) is 50.9 Å².